The van der Waals surface area contributed by atoms with Crippen LogP contribution in [-0.2, 0) is 4.79 Å². The van der Waals surface area contributed by atoms with Crippen molar-refractivity contribution < 1.29 is 23.8 Å². The van der Waals surface area contributed by atoms with Crippen LogP contribution in [0.4, 0.5) is 4.39 Å². The molecule has 7 heteroatoms. The molecule has 0 bridgehead atoms. The van der Waals surface area contributed by atoms with E-state index in [0.29, 0.717) is 12.2 Å². The van der Waals surface area contributed by atoms with Crippen LogP contribution in [0.2, 0.25) is 0 Å². The number of benzene rings is 1. The number of aliphatic carboxylic acids is 1. The second-order valence-electron chi connectivity index (χ2n) is 4.58. The highest BCUT2D eigenvalue weighted by Crippen LogP contribution is 2.34. The molecule has 1 aromatic rings. The van der Waals surface area contributed by atoms with Crippen LogP contribution in [0.5, 0.6) is 5.75 Å². The normalized spacial score (nSPS) is 21.4. The number of thioether (sulfide) groups is 1. The van der Waals surface area contributed by atoms with E-state index in [1.165, 1.54) is 35.9 Å². The van der Waals surface area contributed by atoms with Crippen molar-refractivity contribution in [3.05, 3.63) is 29.6 Å². The molecule has 114 valence electrons. The Morgan fingerprint density at radius 2 is 2.24 bits per heavy atom. The fraction of sp³-hybridized carbons (Fsp3) is 0.429. The minimum Gasteiger partial charge on any atom is -0.496 e. The molecule has 1 aromatic carbocycles. The zero-order chi connectivity index (χ0) is 15.6. The predicted octanol–water partition coefficient (Wildman–Crippen LogP) is 2.21. The molecule has 1 aliphatic heterocycles. The Morgan fingerprint density at radius 1 is 1.52 bits per heavy atom. The van der Waals surface area contributed by atoms with Crippen LogP contribution in [0.15, 0.2) is 18.2 Å². The minimum absolute atomic E-state index is 0.107. The molecule has 0 aliphatic carbocycles. The molecule has 21 heavy (non-hydrogen) atoms. The van der Waals surface area contributed by atoms with E-state index in [9.17, 15) is 19.1 Å². The Hall–Kier alpha value is -1.76. The van der Waals surface area contributed by atoms with E-state index in [2.05, 4.69) is 0 Å². The SMILES string of the molecule is CCC1SCC(C(=O)O)N1C(=O)c1c(F)cccc1OC. The molecular weight excluding hydrogens is 297 g/mol. The van der Waals surface area contributed by atoms with Gasteiger partial charge in [-0.1, -0.05) is 13.0 Å². The molecule has 1 saturated heterocycles. The monoisotopic (exact) mass is 313 g/mol. The van der Waals surface area contributed by atoms with Crippen LogP contribution in [0, 0.1) is 5.82 Å². The molecule has 2 unspecified atom stereocenters. The van der Waals surface area contributed by atoms with Gasteiger partial charge in [0.15, 0.2) is 0 Å². The van der Waals surface area contributed by atoms with Crippen molar-refractivity contribution in [2.45, 2.75) is 24.8 Å². The third kappa shape index (κ3) is 2.83. The molecule has 2 rings (SSSR count). The summed E-state index contributed by atoms with van der Waals surface area (Å²) in [4.78, 5) is 25.2. The molecule has 0 spiro atoms. The van der Waals surface area contributed by atoms with Crippen LogP contribution in [0.25, 0.3) is 0 Å². The number of carboxylic acid groups (broad SMARTS) is 1. The Labute approximate surface area is 126 Å². The largest absolute Gasteiger partial charge is 0.496 e. The molecule has 0 aromatic heterocycles. The van der Waals surface area contributed by atoms with Gasteiger partial charge < -0.3 is 14.7 Å². The number of methoxy groups -OCH3 is 1. The molecule has 1 fully saturated rings. The van der Waals surface area contributed by atoms with Crippen LogP contribution < -0.4 is 4.74 Å². The highest BCUT2D eigenvalue weighted by Gasteiger charge is 2.42. The standard InChI is InChI=1S/C14H16FNO4S/c1-3-11-16(9(7-21-11)14(18)19)13(17)12-8(15)5-4-6-10(12)20-2/h4-6,9,11H,3,7H2,1-2H3,(H,18,19). The van der Waals surface area contributed by atoms with Gasteiger partial charge in [-0.2, -0.15) is 0 Å². The van der Waals surface area contributed by atoms with Crippen molar-refractivity contribution in [2.24, 2.45) is 0 Å². The van der Waals surface area contributed by atoms with E-state index in [4.69, 9.17) is 4.74 Å². The Balaban J connectivity index is 2.44. The van der Waals surface area contributed by atoms with Crippen molar-refractivity contribution in [2.75, 3.05) is 12.9 Å². The van der Waals surface area contributed by atoms with E-state index in [0.717, 1.165) is 6.07 Å². The Kier molecular flexibility index (Phi) is 4.72. The Bertz CT molecular complexity index is 566. The van der Waals surface area contributed by atoms with E-state index in [1.807, 2.05) is 6.92 Å². The number of carbonyl (C=O) groups excluding carboxylic acids is 1. The molecule has 1 aliphatic rings. The summed E-state index contributed by atoms with van der Waals surface area (Å²) in [5, 5.41) is 8.98. The molecular formula is C14H16FNO4S. The van der Waals surface area contributed by atoms with E-state index < -0.39 is 23.7 Å². The minimum atomic E-state index is -1.08. The van der Waals surface area contributed by atoms with Gasteiger partial charge in [0, 0.05) is 5.75 Å². The van der Waals surface area contributed by atoms with Crippen LogP contribution in [0.1, 0.15) is 23.7 Å². The molecule has 1 N–H and O–H groups in total. The second kappa shape index (κ2) is 6.34. The number of carbonyl (C=O) groups is 2. The quantitative estimate of drug-likeness (QED) is 0.923. The van der Waals surface area contributed by atoms with Crippen molar-refractivity contribution in [1.29, 1.82) is 0 Å². The van der Waals surface area contributed by atoms with Crippen LogP contribution in [-0.4, -0.2) is 46.2 Å². The lowest BCUT2D eigenvalue weighted by molar-refractivity contribution is -0.141. The van der Waals surface area contributed by atoms with Gasteiger partial charge in [-0.15, -0.1) is 11.8 Å². The van der Waals surface area contributed by atoms with Gasteiger partial charge >= 0.3 is 5.97 Å². The van der Waals surface area contributed by atoms with Crippen LogP contribution >= 0.6 is 11.8 Å². The van der Waals surface area contributed by atoms with Crippen molar-refractivity contribution in [1.82, 2.24) is 4.90 Å². The third-order valence-electron chi connectivity index (χ3n) is 3.37. The highest BCUT2D eigenvalue weighted by molar-refractivity contribution is 8.00. The average Bonchev–Trinajstić information content (AvgIpc) is 2.90. The summed E-state index contributed by atoms with van der Waals surface area (Å²) in [6, 6.07) is 3.14. The predicted molar refractivity (Wildman–Crippen MR) is 77.1 cm³/mol. The topological polar surface area (TPSA) is 66.8 Å². The van der Waals surface area contributed by atoms with Crippen molar-refractivity contribution in [3.63, 3.8) is 0 Å². The lowest BCUT2D eigenvalue weighted by Crippen LogP contribution is -2.45. The summed E-state index contributed by atoms with van der Waals surface area (Å²) in [5.41, 5.74) is -0.216. The van der Waals surface area contributed by atoms with Gasteiger partial charge in [0.1, 0.15) is 23.2 Å². The highest BCUT2D eigenvalue weighted by atomic mass is 32.2. The number of halogens is 1. The summed E-state index contributed by atoms with van der Waals surface area (Å²) in [6.07, 6.45) is 0.594. The lowest BCUT2D eigenvalue weighted by Gasteiger charge is -2.27. The van der Waals surface area contributed by atoms with Gasteiger partial charge in [0.05, 0.1) is 12.5 Å². The van der Waals surface area contributed by atoms with Gasteiger partial charge in [-0.3, -0.25) is 4.79 Å². The zero-order valence-corrected chi connectivity index (χ0v) is 12.5. The van der Waals surface area contributed by atoms with Crippen LogP contribution in [0.3, 0.4) is 0 Å². The number of ether oxygens (including phenoxy) is 1. The summed E-state index contributed by atoms with van der Waals surface area (Å²) >= 11 is 1.39. The third-order valence-corrected chi connectivity index (χ3v) is 4.82. The lowest BCUT2D eigenvalue weighted by atomic mass is 10.1. The van der Waals surface area contributed by atoms with E-state index >= 15 is 0 Å². The maximum absolute atomic E-state index is 14.0. The van der Waals surface area contributed by atoms with Gasteiger partial charge in [0.2, 0.25) is 0 Å². The molecule has 2 atom stereocenters. The fourth-order valence-corrected chi connectivity index (χ4v) is 3.70. The molecule has 1 heterocycles. The fourth-order valence-electron chi connectivity index (χ4n) is 2.35. The van der Waals surface area contributed by atoms with Crippen molar-refractivity contribution >= 4 is 23.6 Å². The first kappa shape index (κ1) is 15.6. The maximum Gasteiger partial charge on any atom is 0.327 e. The molecule has 0 saturated carbocycles. The number of carboxylic acids is 1. The number of nitrogens with zero attached hydrogens (tertiary/aromatic N) is 1. The molecule has 5 nitrogen and oxygen atoms in total. The number of rotatable bonds is 4. The van der Waals surface area contributed by atoms with E-state index in [1.54, 1.807) is 0 Å². The summed E-state index contributed by atoms with van der Waals surface area (Å²) < 4.78 is 19.0. The van der Waals surface area contributed by atoms with Gasteiger partial charge in [-0.05, 0) is 18.6 Å². The van der Waals surface area contributed by atoms with Gasteiger partial charge in [0.25, 0.3) is 5.91 Å². The first-order valence-electron chi connectivity index (χ1n) is 6.50. The summed E-state index contributed by atoms with van der Waals surface area (Å²) in [5.74, 6) is -2.03. The average molecular weight is 313 g/mol. The summed E-state index contributed by atoms with van der Waals surface area (Å²) in [6.45, 7) is 1.86. The zero-order valence-electron chi connectivity index (χ0n) is 11.7. The maximum atomic E-state index is 14.0. The summed E-state index contributed by atoms with van der Waals surface area (Å²) in [7, 11) is 1.34. The molecule has 1 amide bonds. The number of hydrogen-bond donors (Lipinski definition) is 1. The molecule has 0 radical (unpaired) electrons. The van der Waals surface area contributed by atoms with E-state index in [-0.39, 0.29) is 16.7 Å². The first-order valence-corrected chi connectivity index (χ1v) is 7.55. The smallest absolute Gasteiger partial charge is 0.327 e. The van der Waals surface area contributed by atoms with Gasteiger partial charge in [-0.25, -0.2) is 9.18 Å². The second-order valence-corrected chi connectivity index (χ2v) is 5.79. The Morgan fingerprint density at radius 3 is 2.81 bits per heavy atom. The number of hydrogen-bond acceptors (Lipinski definition) is 4. The first-order chi connectivity index (χ1) is 10.0. The van der Waals surface area contributed by atoms with Crippen molar-refractivity contribution in [3.8, 4) is 5.75 Å². The number of amides is 1.